The lowest BCUT2D eigenvalue weighted by molar-refractivity contribution is -0.143. The lowest BCUT2D eigenvalue weighted by atomic mass is 10.1. The minimum atomic E-state index is -0.472. The van der Waals surface area contributed by atoms with Crippen molar-refractivity contribution >= 4 is 16.9 Å². The van der Waals surface area contributed by atoms with Gasteiger partial charge < -0.3 is 9.72 Å². The van der Waals surface area contributed by atoms with Crippen LogP contribution in [-0.4, -0.2) is 18.1 Å². The van der Waals surface area contributed by atoms with E-state index >= 15 is 0 Å². The molecule has 1 aromatic heterocycles. The van der Waals surface area contributed by atoms with E-state index in [-0.39, 0.29) is 5.97 Å². The Bertz CT molecular complexity index is 765. The summed E-state index contributed by atoms with van der Waals surface area (Å²) in [6, 6.07) is 17.2. The number of hydrogen-bond donors (Lipinski definition) is 2. The Labute approximate surface area is 129 Å². The van der Waals surface area contributed by atoms with Crippen molar-refractivity contribution in [2.45, 2.75) is 12.6 Å². The van der Waals surface area contributed by atoms with Gasteiger partial charge in [-0.3, -0.25) is 5.32 Å². The number of para-hydroxylation sites is 1. The largest absolute Gasteiger partial charge is 0.468 e. The number of methoxy groups -OCH3 is 1. The molecule has 0 amide bonds. The molecular weight excluding hydrogens is 276 g/mol. The smallest absolute Gasteiger partial charge is 0.327 e. The van der Waals surface area contributed by atoms with Gasteiger partial charge in [-0.05, 0) is 17.2 Å². The molecule has 0 bridgehead atoms. The van der Waals surface area contributed by atoms with Crippen molar-refractivity contribution in [3.63, 3.8) is 0 Å². The number of carbonyl (C=O) groups excluding carboxylic acids is 1. The standard InChI is InChI=1S/C18H18N2O2/c1-22-18(21)17(13-7-3-2-4-8-13)20-12-14-11-19-16-10-6-5-9-15(14)16/h2-11,17,19-20H,12H2,1H3. The number of hydrogen-bond acceptors (Lipinski definition) is 3. The van der Waals surface area contributed by atoms with Crippen molar-refractivity contribution in [3.8, 4) is 0 Å². The zero-order chi connectivity index (χ0) is 15.4. The molecule has 0 spiro atoms. The lowest BCUT2D eigenvalue weighted by Crippen LogP contribution is -2.29. The summed E-state index contributed by atoms with van der Waals surface area (Å²) in [5.74, 6) is -0.286. The first-order valence-corrected chi connectivity index (χ1v) is 7.21. The van der Waals surface area contributed by atoms with Crippen LogP contribution < -0.4 is 5.32 Å². The normalized spacial score (nSPS) is 12.2. The molecule has 1 heterocycles. The van der Waals surface area contributed by atoms with E-state index in [0.29, 0.717) is 6.54 Å². The van der Waals surface area contributed by atoms with E-state index in [1.54, 1.807) is 0 Å². The number of rotatable bonds is 5. The Hall–Kier alpha value is -2.59. The number of aromatic nitrogens is 1. The molecule has 112 valence electrons. The van der Waals surface area contributed by atoms with Crippen LogP contribution in [0.2, 0.25) is 0 Å². The second kappa shape index (κ2) is 6.45. The highest BCUT2D eigenvalue weighted by atomic mass is 16.5. The predicted octanol–water partition coefficient (Wildman–Crippen LogP) is 3.17. The fraction of sp³-hybridized carbons (Fsp3) is 0.167. The van der Waals surface area contributed by atoms with Gasteiger partial charge in [0.1, 0.15) is 6.04 Å². The molecule has 22 heavy (non-hydrogen) atoms. The van der Waals surface area contributed by atoms with Gasteiger partial charge in [0, 0.05) is 23.6 Å². The first kappa shape index (κ1) is 14.4. The van der Waals surface area contributed by atoms with Gasteiger partial charge in [-0.15, -0.1) is 0 Å². The second-order valence-corrected chi connectivity index (χ2v) is 5.11. The molecule has 0 fully saturated rings. The Morgan fingerprint density at radius 3 is 2.64 bits per heavy atom. The van der Waals surface area contributed by atoms with Gasteiger partial charge in [-0.25, -0.2) is 4.79 Å². The summed E-state index contributed by atoms with van der Waals surface area (Å²) in [6.45, 7) is 0.582. The first-order chi connectivity index (χ1) is 10.8. The highest BCUT2D eigenvalue weighted by Gasteiger charge is 2.20. The number of aromatic amines is 1. The molecule has 2 N–H and O–H groups in total. The number of fused-ring (bicyclic) bond motifs is 1. The molecule has 0 aliphatic carbocycles. The highest BCUT2D eigenvalue weighted by Crippen LogP contribution is 2.20. The zero-order valence-corrected chi connectivity index (χ0v) is 12.4. The quantitative estimate of drug-likeness (QED) is 0.711. The van der Waals surface area contributed by atoms with Gasteiger partial charge >= 0.3 is 5.97 Å². The van der Waals surface area contributed by atoms with E-state index < -0.39 is 6.04 Å². The van der Waals surface area contributed by atoms with Crippen LogP contribution in [0.15, 0.2) is 60.8 Å². The molecular formula is C18H18N2O2. The third-order valence-corrected chi connectivity index (χ3v) is 3.74. The summed E-state index contributed by atoms with van der Waals surface area (Å²) >= 11 is 0. The van der Waals surface area contributed by atoms with Crippen LogP contribution in [0.25, 0.3) is 10.9 Å². The van der Waals surface area contributed by atoms with E-state index in [9.17, 15) is 4.79 Å². The van der Waals surface area contributed by atoms with Crippen molar-refractivity contribution in [1.82, 2.24) is 10.3 Å². The van der Waals surface area contributed by atoms with E-state index in [0.717, 1.165) is 22.0 Å². The van der Waals surface area contributed by atoms with Crippen LogP contribution in [0.3, 0.4) is 0 Å². The topological polar surface area (TPSA) is 54.1 Å². The first-order valence-electron chi connectivity index (χ1n) is 7.21. The van der Waals surface area contributed by atoms with Crippen LogP contribution in [-0.2, 0) is 16.1 Å². The van der Waals surface area contributed by atoms with E-state index in [1.165, 1.54) is 7.11 Å². The van der Waals surface area contributed by atoms with Crippen LogP contribution in [0.5, 0.6) is 0 Å². The molecule has 0 aliphatic rings. The van der Waals surface area contributed by atoms with E-state index in [4.69, 9.17) is 4.74 Å². The highest BCUT2D eigenvalue weighted by molar-refractivity contribution is 5.83. The third-order valence-electron chi connectivity index (χ3n) is 3.74. The number of H-pyrrole nitrogens is 1. The van der Waals surface area contributed by atoms with Gasteiger partial charge in [0.2, 0.25) is 0 Å². The molecule has 4 nitrogen and oxygen atoms in total. The molecule has 1 unspecified atom stereocenters. The Kier molecular flexibility index (Phi) is 4.21. The Morgan fingerprint density at radius 2 is 1.86 bits per heavy atom. The lowest BCUT2D eigenvalue weighted by Gasteiger charge is -2.16. The zero-order valence-electron chi connectivity index (χ0n) is 12.4. The minimum Gasteiger partial charge on any atom is -0.468 e. The summed E-state index contributed by atoms with van der Waals surface area (Å²) in [6.07, 6.45) is 1.97. The third kappa shape index (κ3) is 2.87. The van der Waals surface area contributed by atoms with E-state index in [1.807, 2.05) is 54.7 Å². The number of ether oxygens (including phenoxy) is 1. The van der Waals surface area contributed by atoms with Gasteiger partial charge in [0.15, 0.2) is 0 Å². The number of benzene rings is 2. The number of carbonyl (C=O) groups is 1. The fourth-order valence-corrected chi connectivity index (χ4v) is 2.59. The average molecular weight is 294 g/mol. The maximum atomic E-state index is 12.0. The van der Waals surface area contributed by atoms with Crippen molar-refractivity contribution in [2.24, 2.45) is 0 Å². The van der Waals surface area contributed by atoms with Gasteiger partial charge in [-0.2, -0.15) is 0 Å². The molecule has 2 aromatic carbocycles. The van der Waals surface area contributed by atoms with Crippen molar-refractivity contribution in [1.29, 1.82) is 0 Å². The summed E-state index contributed by atoms with van der Waals surface area (Å²) in [4.78, 5) is 15.3. The molecule has 0 aliphatic heterocycles. The van der Waals surface area contributed by atoms with Gasteiger partial charge in [0.05, 0.1) is 7.11 Å². The Morgan fingerprint density at radius 1 is 1.14 bits per heavy atom. The molecule has 0 saturated heterocycles. The molecule has 1 atom stereocenters. The molecule has 4 heteroatoms. The molecule has 0 saturated carbocycles. The number of nitrogens with one attached hydrogen (secondary N) is 2. The number of esters is 1. The van der Waals surface area contributed by atoms with Crippen molar-refractivity contribution in [2.75, 3.05) is 7.11 Å². The summed E-state index contributed by atoms with van der Waals surface area (Å²) < 4.78 is 4.91. The summed E-state index contributed by atoms with van der Waals surface area (Å²) in [5, 5.41) is 4.45. The summed E-state index contributed by atoms with van der Waals surface area (Å²) in [7, 11) is 1.41. The van der Waals surface area contributed by atoms with Crippen molar-refractivity contribution in [3.05, 3.63) is 71.9 Å². The SMILES string of the molecule is COC(=O)C(NCc1c[nH]c2ccccc12)c1ccccc1. The predicted molar refractivity (Wildman–Crippen MR) is 86.3 cm³/mol. The maximum Gasteiger partial charge on any atom is 0.327 e. The Balaban J connectivity index is 1.81. The van der Waals surface area contributed by atoms with Crippen LogP contribution in [0, 0.1) is 0 Å². The molecule has 3 aromatic rings. The fourth-order valence-electron chi connectivity index (χ4n) is 2.59. The van der Waals surface area contributed by atoms with Crippen LogP contribution in [0.4, 0.5) is 0 Å². The average Bonchev–Trinajstić information content (AvgIpc) is 2.99. The van der Waals surface area contributed by atoms with Gasteiger partial charge in [0.25, 0.3) is 0 Å². The summed E-state index contributed by atoms with van der Waals surface area (Å²) in [5.41, 5.74) is 3.11. The minimum absolute atomic E-state index is 0.286. The van der Waals surface area contributed by atoms with Crippen LogP contribution in [0.1, 0.15) is 17.2 Å². The second-order valence-electron chi connectivity index (χ2n) is 5.11. The molecule has 3 rings (SSSR count). The van der Waals surface area contributed by atoms with Crippen LogP contribution >= 0.6 is 0 Å². The monoisotopic (exact) mass is 294 g/mol. The van der Waals surface area contributed by atoms with E-state index in [2.05, 4.69) is 16.4 Å². The van der Waals surface area contributed by atoms with Gasteiger partial charge in [-0.1, -0.05) is 48.5 Å². The molecule has 0 radical (unpaired) electrons. The van der Waals surface area contributed by atoms with Crippen molar-refractivity contribution < 1.29 is 9.53 Å². The maximum absolute atomic E-state index is 12.0.